The molecule has 0 bridgehead atoms. The maximum Gasteiger partial charge on any atom is 0.251 e. The third-order valence-corrected chi connectivity index (χ3v) is 4.89. The van der Waals surface area contributed by atoms with E-state index in [2.05, 4.69) is 33.5 Å². The van der Waals surface area contributed by atoms with Crippen molar-refractivity contribution in [2.75, 3.05) is 12.3 Å². The topological polar surface area (TPSA) is 80.9 Å². The molecule has 0 saturated carbocycles. The maximum absolute atomic E-state index is 13.0. The van der Waals surface area contributed by atoms with Crippen LogP contribution in [-0.4, -0.2) is 22.4 Å². The smallest absolute Gasteiger partial charge is 0.251 e. The Morgan fingerprint density at radius 3 is 2.41 bits per heavy atom. The summed E-state index contributed by atoms with van der Waals surface area (Å²) in [6.45, 7) is 0.577. The van der Waals surface area contributed by atoms with Gasteiger partial charge < -0.3 is 11.1 Å². The van der Waals surface area contributed by atoms with Crippen LogP contribution in [0.2, 0.25) is 0 Å². The van der Waals surface area contributed by atoms with E-state index in [0.717, 1.165) is 23.3 Å². The Bertz CT molecular complexity index is 1060. The van der Waals surface area contributed by atoms with Crippen molar-refractivity contribution in [3.63, 3.8) is 0 Å². The van der Waals surface area contributed by atoms with Crippen LogP contribution in [0.3, 0.4) is 0 Å². The van der Waals surface area contributed by atoms with Gasteiger partial charge in [0.2, 0.25) is 5.95 Å². The number of amides is 1. The Morgan fingerprint density at radius 1 is 0.966 bits per heavy atom. The molecule has 1 atom stereocenters. The average Bonchev–Trinajstić information content (AvgIpc) is 3.21. The highest BCUT2D eigenvalue weighted by atomic mass is 16.1. The molecule has 0 saturated heterocycles. The Hall–Kier alpha value is -3.73. The molecule has 0 radical (unpaired) electrons. The van der Waals surface area contributed by atoms with Crippen molar-refractivity contribution in [2.45, 2.75) is 12.3 Å². The predicted octanol–water partition coefficient (Wildman–Crippen LogP) is 3.52. The molecule has 1 aromatic heterocycles. The van der Waals surface area contributed by atoms with Gasteiger partial charge >= 0.3 is 0 Å². The molecule has 5 nitrogen and oxygen atoms in total. The number of rotatable bonds is 6. The van der Waals surface area contributed by atoms with Crippen molar-refractivity contribution >= 4 is 17.4 Å². The van der Waals surface area contributed by atoms with Crippen LogP contribution in [0.15, 0.2) is 90.7 Å². The molecule has 0 spiro atoms. The van der Waals surface area contributed by atoms with Gasteiger partial charge in [-0.2, -0.15) is 0 Å². The second-order valence-electron chi connectivity index (χ2n) is 6.88. The number of nitrogens with one attached hydrogen (secondary N) is 1. The third kappa shape index (κ3) is 4.41. The van der Waals surface area contributed by atoms with Gasteiger partial charge in [-0.3, -0.25) is 4.79 Å². The lowest BCUT2D eigenvalue weighted by molar-refractivity contribution is -0.117. The second kappa shape index (κ2) is 8.52. The van der Waals surface area contributed by atoms with Crippen molar-refractivity contribution in [3.8, 4) is 0 Å². The molecule has 5 heteroatoms. The number of hydrogen-bond donors (Lipinski definition) is 2. The van der Waals surface area contributed by atoms with Gasteiger partial charge in [-0.15, -0.1) is 0 Å². The highest BCUT2D eigenvalue weighted by molar-refractivity contribution is 6.10. The summed E-state index contributed by atoms with van der Waals surface area (Å²) in [6.07, 6.45) is 6.43. The molecule has 4 rings (SSSR count). The molecule has 0 fully saturated rings. The van der Waals surface area contributed by atoms with Crippen molar-refractivity contribution in [3.05, 3.63) is 107 Å². The standard InChI is InChI=1S/C24H22N4O/c25-24-27-14-12-22(28-24)19-15-20(18-9-5-2-6-10-18)21(16-19)23(29)26-13-11-17-7-3-1-4-8-17/h1-10,12,14-16,19H,11,13H2,(H,26,29)(H2,25,27,28). The Morgan fingerprint density at radius 2 is 1.69 bits per heavy atom. The number of nitrogens with zero attached hydrogens (tertiary/aromatic N) is 2. The zero-order valence-corrected chi connectivity index (χ0v) is 16.0. The minimum Gasteiger partial charge on any atom is -0.368 e. The van der Waals surface area contributed by atoms with E-state index in [1.54, 1.807) is 6.20 Å². The summed E-state index contributed by atoms with van der Waals surface area (Å²) in [7, 11) is 0. The fourth-order valence-corrected chi connectivity index (χ4v) is 3.46. The first kappa shape index (κ1) is 18.6. The van der Waals surface area contributed by atoms with E-state index < -0.39 is 0 Å². The zero-order chi connectivity index (χ0) is 20.1. The van der Waals surface area contributed by atoms with Crippen LogP contribution in [0.1, 0.15) is 22.7 Å². The van der Waals surface area contributed by atoms with E-state index >= 15 is 0 Å². The van der Waals surface area contributed by atoms with Gasteiger partial charge in [-0.1, -0.05) is 72.8 Å². The number of allylic oxidation sites excluding steroid dienone is 2. The average molecular weight is 382 g/mol. The van der Waals surface area contributed by atoms with Gasteiger partial charge in [0.1, 0.15) is 0 Å². The molecule has 3 aromatic rings. The Balaban J connectivity index is 1.56. The minimum absolute atomic E-state index is 0.0828. The number of carbonyl (C=O) groups is 1. The number of anilines is 1. The summed E-state index contributed by atoms with van der Waals surface area (Å²) in [4.78, 5) is 21.3. The fraction of sp³-hybridized carbons (Fsp3) is 0.125. The van der Waals surface area contributed by atoms with Crippen molar-refractivity contribution in [1.29, 1.82) is 0 Å². The van der Waals surface area contributed by atoms with Gasteiger partial charge in [0.05, 0.1) is 5.69 Å². The molecule has 0 aliphatic heterocycles. The van der Waals surface area contributed by atoms with E-state index in [1.165, 1.54) is 5.56 Å². The first-order valence-corrected chi connectivity index (χ1v) is 9.60. The highest BCUT2D eigenvalue weighted by Gasteiger charge is 2.25. The minimum atomic E-state index is -0.120. The van der Waals surface area contributed by atoms with Gasteiger partial charge in [0.25, 0.3) is 5.91 Å². The lowest BCUT2D eigenvalue weighted by atomic mass is 10.00. The van der Waals surface area contributed by atoms with Crippen LogP contribution in [-0.2, 0) is 11.2 Å². The van der Waals surface area contributed by atoms with E-state index in [0.29, 0.717) is 12.1 Å². The number of benzene rings is 2. The number of aromatic nitrogens is 2. The fourth-order valence-electron chi connectivity index (χ4n) is 3.46. The summed E-state index contributed by atoms with van der Waals surface area (Å²) >= 11 is 0. The Labute approximate surface area is 170 Å². The monoisotopic (exact) mass is 382 g/mol. The van der Waals surface area contributed by atoms with Gasteiger partial charge in [0, 0.05) is 24.2 Å². The van der Waals surface area contributed by atoms with Crippen LogP contribution >= 0.6 is 0 Å². The first-order chi connectivity index (χ1) is 14.2. The largest absolute Gasteiger partial charge is 0.368 e. The molecule has 29 heavy (non-hydrogen) atoms. The molecule has 2 aromatic carbocycles. The van der Waals surface area contributed by atoms with Gasteiger partial charge in [-0.25, -0.2) is 9.97 Å². The molecule has 1 aliphatic rings. The molecule has 1 heterocycles. The van der Waals surface area contributed by atoms with Crippen LogP contribution in [0.4, 0.5) is 5.95 Å². The second-order valence-corrected chi connectivity index (χ2v) is 6.88. The number of carbonyl (C=O) groups excluding carboxylic acids is 1. The quantitative estimate of drug-likeness (QED) is 0.683. The zero-order valence-electron chi connectivity index (χ0n) is 16.0. The Kier molecular flexibility index (Phi) is 5.47. The molecule has 144 valence electrons. The molecule has 3 N–H and O–H groups in total. The molecular weight excluding hydrogens is 360 g/mol. The SMILES string of the molecule is Nc1nccc(C2C=C(C(=O)NCCc3ccccc3)C(c3ccccc3)=C2)n1. The number of nitrogens with two attached hydrogens (primary N) is 1. The van der Waals surface area contributed by atoms with Crippen LogP contribution in [0.25, 0.3) is 5.57 Å². The summed E-state index contributed by atoms with van der Waals surface area (Å²) in [5, 5.41) is 3.05. The van der Waals surface area contributed by atoms with Crippen LogP contribution in [0.5, 0.6) is 0 Å². The van der Waals surface area contributed by atoms with Gasteiger partial charge in [-0.05, 0) is 29.2 Å². The molecule has 1 aliphatic carbocycles. The molecular formula is C24H22N4O. The summed E-state index contributed by atoms with van der Waals surface area (Å²) in [5.74, 6) is 0.0252. The lowest BCUT2D eigenvalue weighted by Gasteiger charge is -2.10. The first-order valence-electron chi connectivity index (χ1n) is 9.60. The predicted molar refractivity (Wildman–Crippen MR) is 115 cm³/mol. The van der Waals surface area contributed by atoms with Crippen LogP contribution in [0, 0.1) is 0 Å². The number of hydrogen-bond acceptors (Lipinski definition) is 4. The molecule has 1 amide bonds. The van der Waals surface area contributed by atoms with Crippen LogP contribution < -0.4 is 11.1 Å². The highest BCUT2D eigenvalue weighted by Crippen LogP contribution is 2.36. The number of nitrogen functional groups attached to an aromatic ring is 1. The van der Waals surface area contributed by atoms with Gasteiger partial charge in [0.15, 0.2) is 0 Å². The normalized spacial score (nSPS) is 15.5. The molecule has 1 unspecified atom stereocenters. The van der Waals surface area contributed by atoms with Crippen molar-refractivity contribution in [2.24, 2.45) is 0 Å². The summed E-state index contributed by atoms with van der Waals surface area (Å²) < 4.78 is 0. The van der Waals surface area contributed by atoms with E-state index in [-0.39, 0.29) is 17.8 Å². The lowest BCUT2D eigenvalue weighted by Crippen LogP contribution is -2.27. The summed E-state index contributed by atoms with van der Waals surface area (Å²) in [6, 6.07) is 21.9. The third-order valence-electron chi connectivity index (χ3n) is 4.89. The summed E-state index contributed by atoms with van der Waals surface area (Å²) in [5.41, 5.74) is 10.3. The van der Waals surface area contributed by atoms with E-state index in [9.17, 15) is 4.79 Å². The maximum atomic E-state index is 13.0. The van der Waals surface area contributed by atoms with E-state index in [1.807, 2.05) is 60.7 Å². The van der Waals surface area contributed by atoms with E-state index in [4.69, 9.17) is 5.73 Å². The van der Waals surface area contributed by atoms with Crippen molar-refractivity contribution < 1.29 is 4.79 Å². The van der Waals surface area contributed by atoms with Crippen molar-refractivity contribution in [1.82, 2.24) is 15.3 Å².